The molecule has 0 aliphatic heterocycles. The van der Waals surface area contributed by atoms with E-state index in [1.807, 2.05) is 25.1 Å². The maximum absolute atomic E-state index is 12.3. The molecule has 0 bridgehead atoms. The van der Waals surface area contributed by atoms with Crippen LogP contribution in [-0.4, -0.2) is 27.2 Å². The van der Waals surface area contributed by atoms with Gasteiger partial charge in [-0.25, -0.2) is 9.78 Å². The van der Waals surface area contributed by atoms with E-state index in [1.54, 1.807) is 36.0 Å². The number of nitrogens with zero attached hydrogens (tertiary/aromatic N) is 2. The highest BCUT2D eigenvalue weighted by Crippen LogP contribution is 2.28. The summed E-state index contributed by atoms with van der Waals surface area (Å²) in [5.74, 6) is -0.541. The predicted molar refractivity (Wildman–Crippen MR) is 95.8 cm³/mol. The molecule has 3 rings (SSSR count). The number of aromatic nitrogens is 2. The molecule has 0 atom stereocenters. The normalized spacial score (nSPS) is 10.6. The van der Waals surface area contributed by atoms with E-state index in [1.165, 1.54) is 11.3 Å². The van der Waals surface area contributed by atoms with Gasteiger partial charge >= 0.3 is 5.97 Å². The third-order valence-electron chi connectivity index (χ3n) is 3.53. The fourth-order valence-corrected chi connectivity index (χ4v) is 3.30. The van der Waals surface area contributed by atoms with Crippen molar-refractivity contribution in [2.24, 2.45) is 0 Å². The van der Waals surface area contributed by atoms with Crippen molar-refractivity contribution >= 4 is 17.3 Å². The second-order valence-electron chi connectivity index (χ2n) is 5.59. The summed E-state index contributed by atoms with van der Waals surface area (Å²) in [5, 5.41) is 10.1. The minimum absolute atomic E-state index is 0.0572. The number of carbonyl (C=O) groups is 1. The summed E-state index contributed by atoms with van der Waals surface area (Å²) in [5.41, 5.74) is 2.51. The Morgan fingerprint density at radius 1 is 1.28 bits per heavy atom. The Balaban J connectivity index is 1.87. The largest absolute Gasteiger partial charge is 0.482 e. The van der Waals surface area contributed by atoms with Crippen LogP contribution in [0.1, 0.15) is 11.1 Å². The maximum Gasteiger partial charge on any atom is 0.341 e. The van der Waals surface area contributed by atoms with Gasteiger partial charge < -0.3 is 9.84 Å². The molecule has 0 unspecified atom stereocenters. The number of hydrogen-bond donors (Lipinski definition) is 1. The van der Waals surface area contributed by atoms with Crippen LogP contribution in [0.15, 0.2) is 47.5 Å². The van der Waals surface area contributed by atoms with Crippen molar-refractivity contribution in [1.29, 1.82) is 0 Å². The fourth-order valence-electron chi connectivity index (χ4n) is 2.41. The summed E-state index contributed by atoms with van der Waals surface area (Å²) in [4.78, 5) is 27.2. The number of aliphatic carboxylic acids is 1. The van der Waals surface area contributed by atoms with Crippen LogP contribution in [0.25, 0.3) is 15.6 Å². The Labute approximate surface area is 148 Å². The molecule has 2 heterocycles. The lowest BCUT2D eigenvalue weighted by Gasteiger charge is -2.05. The van der Waals surface area contributed by atoms with Crippen LogP contribution in [0.3, 0.4) is 0 Å². The molecule has 0 saturated carbocycles. The van der Waals surface area contributed by atoms with Gasteiger partial charge in [0.05, 0.1) is 6.20 Å². The fraction of sp³-hybridized carbons (Fsp3) is 0.167. The number of aryl methyl sites for hydroxylation is 2. The van der Waals surface area contributed by atoms with Gasteiger partial charge in [0.25, 0.3) is 5.56 Å². The number of ether oxygens (including phenoxy) is 1. The molecule has 0 aliphatic carbocycles. The van der Waals surface area contributed by atoms with Gasteiger partial charge in [0.2, 0.25) is 0 Å². The highest BCUT2D eigenvalue weighted by Gasteiger charge is 2.10. The molecule has 7 heteroatoms. The summed E-state index contributed by atoms with van der Waals surface area (Å²) in [6.45, 7) is 3.36. The summed E-state index contributed by atoms with van der Waals surface area (Å²) in [6.07, 6.45) is 3.48. The lowest BCUT2D eigenvalue weighted by molar-refractivity contribution is -0.139. The lowest BCUT2D eigenvalue weighted by Crippen LogP contribution is -2.19. The maximum atomic E-state index is 12.3. The Morgan fingerprint density at radius 2 is 2.00 bits per heavy atom. The van der Waals surface area contributed by atoms with E-state index in [0.29, 0.717) is 11.3 Å². The zero-order valence-electron chi connectivity index (χ0n) is 13.7. The van der Waals surface area contributed by atoms with Crippen LogP contribution in [0.2, 0.25) is 0 Å². The van der Waals surface area contributed by atoms with Crippen molar-refractivity contribution in [2.75, 3.05) is 6.61 Å². The number of carboxylic acid groups (broad SMARTS) is 1. The number of benzene rings is 1. The monoisotopic (exact) mass is 356 g/mol. The Bertz CT molecular complexity index is 973. The van der Waals surface area contributed by atoms with Crippen molar-refractivity contribution in [1.82, 2.24) is 9.55 Å². The molecule has 0 fully saturated rings. The second-order valence-corrected chi connectivity index (χ2v) is 6.60. The number of thiazole rings is 1. The van der Waals surface area contributed by atoms with E-state index in [-0.39, 0.29) is 12.2 Å². The molecule has 25 heavy (non-hydrogen) atoms. The first-order chi connectivity index (χ1) is 11.9. The SMILES string of the molecule is Cc1cc(C)c(=O)n(-c2cnc(-c3ccc(OCC(=O)O)cc3)s2)c1. The summed E-state index contributed by atoms with van der Waals surface area (Å²) < 4.78 is 6.72. The van der Waals surface area contributed by atoms with Crippen LogP contribution in [0.4, 0.5) is 0 Å². The van der Waals surface area contributed by atoms with E-state index in [4.69, 9.17) is 9.84 Å². The van der Waals surface area contributed by atoms with E-state index in [2.05, 4.69) is 4.98 Å². The molecule has 0 spiro atoms. The first kappa shape index (κ1) is 16.9. The molecule has 0 amide bonds. The Kier molecular flexibility index (Phi) is 4.67. The Hall–Kier alpha value is -2.93. The topological polar surface area (TPSA) is 81.4 Å². The summed E-state index contributed by atoms with van der Waals surface area (Å²) >= 11 is 1.41. The standard InChI is InChI=1S/C18H16N2O4S/c1-11-7-12(2)18(23)20(9-11)15-8-19-17(25-15)13-3-5-14(6-4-13)24-10-16(21)22/h3-9H,10H2,1-2H3,(H,21,22). The molecular formula is C18H16N2O4S. The van der Waals surface area contributed by atoms with Crippen LogP contribution in [-0.2, 0) is 4.79 Å². The summed E-state index contributed by atoms with van der Waals surface area (Å²) in [6, 6.07) is 8.87. The molecule has 6 nitrogen and oxygen atoms in total. The molecule has 128 valence electrons. The third kappa shape index (κ3) is 3.77. The van der Waals surface area contributed by atoms with Gasteiger partial charge in [0.15, 0.2) is 6.61 Å². The molecule has 3 aromatic rings. The van der Waals surface area contributed by atoms with Gasteiger partial charge in [-0.2, -0.15) is 0 Å². The number of rotatable bonds is 5. The van der Waals surface area contributed by atoms with Crippen LogP contribution >= 0.6 is 11.3 Å². The third-order valence-corrected chi connectivity index (χ3v) is 4.57. The van der Waals surface area contributed by atoms with Crippen molar-refractivity contribution in [3.63, 3.8) is 0 Å². The zero-order valence-corrected chi connectivity index (χ0v) is 14.5. The summed E-state index contributed by atoms with van der Waals surface area (Å²) in [7, 11) is 0. The van der Waals surface area contributed by atoms with Crippen molar-refractivity contribution < 1.29 is 14.6 Å². The molecule has 1 N–H and O–H groups in total. The highest BCUT2D eigenvalue weighted by molar-refractivity contribution is 7.17. The van der Waals surface area contributed by atoms with Gasteiger partial charge in [-0.1, -0.05) is 11.3 Å². The quantitative estimate of drug-likeness (QED) is 0.760. The second kappa shape index (κ2) is 6.90. The van der Waals surface area contributed by atoms with Crippen molar-refractivity contribution in [2.45, 2.75) is 13.8 Å². The molecule has 0 radical (unpaired) electrons. The average Bonchev–Trinajstić information content (AvgIpc) is 3.06. The minimum Gasteiger partial charge on any atom is -0.482 e. The van der Waals surface area contributed by atoms with Crippen molar-refractivity contribution in [3.8, 4) is 21.3 Å². The molecule has 0 aliphatic rings. The van der Waals surface area contributed by atoms with E-state index >= 15 is 0 Å². The number of pyridine rings is 1. The van der Waals surface area contributed by atoms with Crippen LogP contribution < -0.4 is 10.3 Å². The molecule has 2 aromatic heterocycles. The highest BCUT2D eigenvalue weighted by atomic mass is 32.1. The molecule has 0 saturated heterocycles. The Morgan fingerprint density at radius 3 is 2.68 bits per heavy atom. The molecular weight excluding hydrogens is 340 g/mol. The van der Waals surface area contributed by atoms with E-state index in [9.17, 15) is 9.59 Å². The van der Waals surface area contributed by atoms with E-state index in [0.717, 1.165) is 21.1 Å². The van der Waals surface area contributed by atoms with Gasteiger partial charge in [-0.15, -0.1) is 0 Å². The predicted octanol–water partition coefficient (Wildman–Crippen LogP) is 3.04. The number of carboxylic acids is 1. The van der Waals surface area contributed by atoms with Gasteiger partial charge in [-0.3, -0.25) is 9.36 Å². The smallest absolute Gasteiger partial charge is 0.341 e. The zero-order chi connectivity index (χ0) is 18.0. The van der Waals surface area contributed by atoms with Gasteiger partial charge in [0.1, 0.15) is 15.8 Å². The van der Waals surface area contributed by atoms with Crippen LogP contribution in [0.5, 0.6) is 5.75 Å². The minimum atomic E-state index is -1.02. The lowest BCUT2D eigenvalue weighted by atomic mass is 10.2. The van der Waals surface area contributed by atoms with Crippen molar-refractivity contribution in [3.05, 3.63) is 64.2 Å². The average molecular weight is 356 g/mol. The number of hydrogen-bond acceptors (Lipinski definition) is 5. The van der Waals surface area contributed by atoms with E-state index < -0.39 is 5.97 Å². The first-order valence-electron chi connectivity index (χ1n) is 7.55. The van der Waals surface area contributed by atoms with Gasteiger partial charge in [0, 0.05) is 17.3 Å². The first-order valence-corrected chi connectivity index (χ1v) is 8.37. The van der Waals surface area contributed by atoms with Crippen LogP contribution in [0, 0.1) is 13.8 Å². The van der Waals surface area contributed by atoms with Gasteiger partial charge in [-0.05, 0) is 49.7 Å². The molecule has 1 aromatic carbocycles.